The van der Waals surface area contributed by atoms with Crippen LogP contribution in [0.4, 0.5) is 10.8 Å². The molecule has 8 heteroatoms. The van der Waals surface area contributed by atoms with Crippen LogP contribution in [0.25, 0.3) is 0 Å². The van der Waals surface area contributed by atoms with Gasteiger partial charge in [-0.25, -0.2) is 4.98 Å². The van der Waals surface area contributed by atoms with Crippen LogP contribution in [0.3, 0.4) is 0 Å². The van der Waals surface area contributed by atoms with E-state index in [2.05, 4.69) is 14.7 Å². The topological polar surface area (TPSA) is 101 Å². The molecule has 1 heterocycles. The number of aromatic nitrogens is 2. The fraction of sp³-hybridized carbons (Fsp3) is 0.429. The van der Waals surface area contributed by atoms with Gasteiger partial charge in [-0.1, -0.05) is 12.1 Å². The van der Waals surface area contributed by atoms with E-state index in [0.717, 1.165) is 24.2 Å². The highest BCUT2D eigenvalue weighted by Gasteiger charge is 2.28. The van der Waals surface area contributed by atoms with E-state index < -0.39 is 4.92 Å². The first-order valence-electron chi connectivity index (χ1n) is 7.12. The predicted molar refractivity (Wildman–Crippen MR) is 83.0 cm³/mol. The molecule has 2 aromatic rings. The minimum absolute atomic E-state index is 0.0192. The number of aliphatic hydroxyl groups excluding tert-OH is 1. The zero-order valence-electron chi connectivity index (χ0n) is 11.8. The minimum Gasteiger partial charge on any atom is -0.396 e. The molecule has 0 aliphatic heterocycles. The van der Waals surface area contributed by atoms with Gasteiger partial charge < -0.3 is 10.4 Å². The van der Waals surface area contributed by atoms with Crippen molar-refractivity contribution in [3.05, 3.63) is 45.8 Å². The lowest BCUT2D eigenvalue weighted by atomic mass is 10.0. The SMILES string of the molecule is O=[N+]([O-])c1cccc([C@H](CCO)Nc2nc(C3CC3)ns2)c1. The van der Waals surface area contributed by atoms with Gasteiger partial charge in [0.05, 0.1) is 11.0 Å². The maximum atomic E-state index is 10.9. The highest BCUT2D eigenvalue weighted by molar-refractivity contribution is 7.09. The number of aliphatic hydroxyl groups is 1. The number of nitrogens with one attached hydrogen (secondary N) is 1. The molecule has 22 heavy (non-hydrogen) atoms. The van der Waals surface area contributed by atoms with E-state index in [-0.39, 0.29) is 18.3 Å². The summed E-state index contributed by atoms with van der Waals surface area (Å²) in [4.78, 5) is 14.9. The second kappa shape index (κ2) is 6.37. The third-order valence-electron chi connectivity index (χ3n) is 3.58. The highest BCUT2D eigenvalue weighted by atomic mass is 32.1. The Bertz CT molecular complexity index is 672. The summed E-state index contributed by atoms with van der Waals surface area (Å²) in [5.74, 6) is 1.36. The standard InChI is InChI=1S/C14H16N4O3S/c19-7-6-12(10-2-1-3-11(8-10)18(20)21)15-14-16-13(17-22-14)9-4-5-9/h1-3,8-9,12,19H,4-7H2,(H,15,16,17)/t12-/m0/s1. The Kier molecular flexibility index (Phi) is 4.30. The Morgan fingerprint density at radius 3 is 3.00 bits per heavy atom. The van der Waals surface area contributed by atoms with E-state index >= 15 is 0 Å². The molecule has 2 N–H and O–H groups in total. The van der Waals surface area contributed by atoms with Crippen LogP contribution in [0.1, 0.15) is 42.6 Å². The monoisotopic (exact) mass is 320 g/mol. The third kappa shape index (κ3) is 3.40. The second-order valence-electron chi connectivity index (χ2n) is 5.29. The molecule has 3 rings (SSSR count). The van der Waals surface area contributed by atoms with Crippen molar-refractivity contribution in [1.82, 2.24) is 9.36 Å². The molecular weight excluding hydrogens is 304 g/mol. The van der Waals surface area contributed by atoms with Gasteiger partial charge in [-0.15, -0.1) is 0 Å². The van der Waals surface area contributed by atoms with Crippen LogP contribution in [-0.4, -0.2) is 26.0 Å². The fourth-order valence-corrected chi connectivity index (χ4v) is 2.96. The Morgan fingerprint density at radius 2 is 2.32 bits per heavy atom. The van der Waals surface area contributed by atoms with Crippen molar-refractivity contribution in [3.63, 3.8) is 0 Å². The van der Waals surface area contributed by atoms with E-state index in [1.807, 2.05) is 6.07 Å². The molecule has 0 spiro atoms. The van der Waals surface area contributed by atoms with Crippen LogP contribution in [0, 0.1) is 10.1 Å². The molecule has 1 aliphatic rings. The Morgan fingerprint density at radius 1 is 1.50 bits per heavy atom. The number of hydrogen-bond acceptors (Lipinski definition) is 7. The molecule has 0 bridgehead atoms. The number of anilines is 1. The molecule has 0 saturated heterocycles. The average molecular weight is 320 g/mol. The molecule has 116 valence electrons. The van der Waals surface area contributed by atoms with E-state index in [1.165, 1.54) is 23.7 Å². The lowest BCUT2D eigenvalue weighted by molar-refractivity contribution is -0.384. The van der Waals surface area contributed by atoms with Gasteiger partial charge in [0.2, 0.25) is 5.13 Å². The molecule has 1 aliphatic carbocycles. The summed E-state index contributed by atoms with van der Waals surface area (Å²) in [6, 6.07) is 6.20. The summed E-state index contributed by atoms with van der Waals surface area (Å²) in [7, 11) is 0. The van der Waals surface area contributed by atoms with Gasteiger partial charge in [-0.2, -0.15) is 4.37 Å². The van der Waals surface area contributed by atoms with Crippen molar-refractivity contribution in [1.29, 1.82) is 0 Å². The Balaban J connectivity index is 1.78. The van der Waals surface area contributed by atoms with E-state index in [0.29, 0.717) is 17.5 Å². The van der Waals surface area contributed by atoms with Gasteiger partial charge in [-0.3, -0.25) is 10.1 Å². The molecular formula is C14H16N4O3S. The van der Waals surface area contributed by atoms with Gasteiger partial charge in [0.1, 0.15) is 5.82 Å². The van der Waals surface area contributed by atoms with Crippen molar-refractivity contribution >= 4 is 22.4 Å². The van der Waals surface area contributed by atoms with Crippen molar-refractivity contribution in [2.45, 2.75) is 31.2 Å². The number of nitro benzene ring substituents is 1. The normalized spacial score (nSPS) is 15.5. The first-order valence-corrected chi connectivity index (χ1v) is 7.90. The maximum Gasteiger partial charge on any atom is 0.269 e. The van der Waals surface area contributed by atoms with Gasteiger partial charge in [0, 0.05) is 36.2 Å². The Hall–Kier alpha value is -2.06. The van der Waals surface area contributed by atoms with Gasteiger partial charge in [-0.05, 0) is 24.8 Å². The molecule has 1 aromatic heterocycles. The lowest BCUT2D eigenvalue weighted by Crippen LogP contribution is -2.12. The van der Waals surface area contributed by atoms with E-state index in [9.17, 15) is 15.2 Å². The number of nitrogens with zero attached hydrogens (tertiary/aromatic N) is 3. The zero-order chi connectivity index (χ0) is 15.5. The predicted octanol–water partition coefficient (Wildman–Crippen LogP) is 2.86. The quantitative estimate of drug-likeness (QED) is 0.601. The van der Waals surface area contributed by atoms with Crippen LogP contribution >= 0.6 is 11.5 Å². The molecule has 0 amide bonds. The summed E-state index contributed by atoms with van der Waals surface area (Å²) in [5, 5.41) is 24.1. The van der Waals surface area contributed by atoms with Crippen molar-refractivity contribution in [3.8, 4) is 0 Å². The molecule has 1 fully saturated rings. The smallest absolute Gasteiger partial charge is 0.269 e. The average Bonchev–Trinajstić information content (AvgIpc) is 3.27. The molecule has 1 aromatic carbocycles. The number of rotatable bonds is 7. The van der Waals surface area contributed by atoms with E-state index in [4.69, 9.17) is 0 Å². The number of hydrogen-bond donors (Lipinski definition) is 2. The third-order valence-corrected chi connectivity index (χ3v) is 4.24. The summed E-state index contributed by atoms with van der Waals surface area (Å²) in [6.07, 6.45) is 2.72. The number of benzene rings is 1. The van der Waals surface area contributed by atoms with Gasteiger partial charge in [0.25, 0.3) is 5.69 Å². The summed E-state index contributed by atoms with van der Waals surface area (Å²) in [6.45, 7) is -0.0192. The van der Waals surface area contributed by atoms with Crippen LogP contribution in [0.5, 0.6) is 0 Å². The van der Waals surface area contributed by atoms with Crippen LogP contribution in [0.15, 0.2) is 24.3 Å². The number of nitro groups is 1. The fourth-order valence-electron chi connectivity index (χ4n) is 2.26. The zero-order valence-corrected chi connectivity index (χ0v) is 12.6. The molecule has 1 atom stereocenters. The van der Waals surface area contributed by atoms with Crippen molar-refractivity contribution < 1.29 is 10.0 Å². The summed E-state index contributed by atoms with van der Waals surface area (Å²) >= 11 is 1.29. The Labute approximate surface area is 131 Å². The van der Waals surface area contributed by atoms with Crippen LogP contribution in [-0.2, 0) is 0 Å². The number of non-ortho nitro benzene ring substituents is 1. The van der Waals surface area contributed by atoms with Crippen LogP contribution in [0.2, 0.25) is 0 Å². The molecule has 1 saturated carbocycles. The maximum absolute atomic E-state index is 10.9. The molecule has 0 unspecified atom stereocenters. The van der Waals surface area contributed by atoms with Crippen molar-refractivity contribution in [2.24, 2.45) is 0 Å². The highest BCUT2D eigenvalue weighted by Crippen LogP contribution is 2.39. The summed E-state index contributed by atoms with van der Waals surface area (Å²) in [5.41, 5.74) is 0.796. The van der Waals surface area contributed by atoms with E-state index in [1.54, 1.807) is 6.07 Å². The second-order valence-corrected chi connectivity index (χ2v) is 6.05. The van der Waals surface area contributed by atoms with Gasteiger partial charge in [0.15, 0.2) is 0 Å². The molecule has 0 radical (unpaired) electrons. The van der Waals surface area contributed by atoms with Gasteiger partial charge >= 0.3 is 0 Å². The van der Waals surface area contributed by atoms with Crippen LogP contribution < -0.4 is 5.32 Å². The first-order chi connectivity index (χ1) is 10.7. The van der Waals surface area contributed by atoms with Crippen molar-refractivity contribution in [2.75, 3.05) is 11.9 Å². The minimum atomic E-state index is -0.421. The first kappa shape index (κ1) is 14.9. The summed E-state index contributed by atoms with van der Waals surface area (Å²) < 4.78 is 4.33. The lowest BCUT2D eigenvalue weighted by Gasteiger charge is -2.17. The largest absolute Gasteiger partial charge is 0.396 e. The molecule has 7 nitrogen and oxygen atoms in total.